The standard InChI is InChI=1S/C26H32FN3O3/c1-26(2,3)25(33)29-21-9-6-8-20(17-21)24(32)30-15-12-19(13-16-30)23(31)28-14-11-18-7-4-5-10-22(18)27/h4-10,17,19H,11-16H2,1-3H3,(H,28,31)(H,29,33). The summed E-state index contributed by atoms with van der Waals surface area (Å²) in [6.45, 7) is 6.85. The number of halogens is 1. The molecule has 2 N–H and O–H groups in total. The van der Waals surface area contributed by atoms with Crippen molar-refractivity contribution >= 4 is 23.4 Å². The molecule has 1 saturated heterocycles. The van der Waals surface area contributed by atoms with E-state index in [1.54, 1.807) is 47.4 Å². The van der Waals surface area contributed by atoms with Crippen LogP contribution in [0, 0.1) is 17.2 Å². The maximum Gasteiger partial charge on any atom is 0.253 e. The fourth-order valence-corrected chi connectivity index (χ4v) is 3.74. The van der Waals surface area contributed by atoms with Crippen LogP contribution in [0.3, 0.4) is 0 Å². The van der Waals surface area contributed by atoms with Gasteiger partial charge in [-0.1, -0.05) is 45.0 Å². The number of carbonyl (C=O) groups is 3. The largest absolute Gasteiger partial charge is 0.356 e. The second kappa shape index (κ2) is 10.6. The van der Waals surface area contributed by atoms with Crippen molar-refractivity contribution in [3.05, 3.63) is 65.5 Å². The summed E-state index contributed by atoms with van der Waals surface area (Å²) in [4.78, 5) is 39.4. The van der Waals surface area contributed by atoms with Gasteiger partial charge in [-0.05, 0) is 49.1 Å². The summed E-state index contributed by atoms with van der Waals surface area (Å²) < 4.78 is 13.7. The molecule has 0 saturated carbocycles. The van der Waals surface area contributed by atoms with Crippen molar-refractivity contribution in [1.29, 1.82) is 0 Å². The van der Waals surface area contributed by atoms with Gasteiger partial charge in [0.2, 0.25) is 11.8 Å². The van der Waals surface area contributed by atoms with Gasteiger partial charge in [0.25, 0.3) is 5.91 Å². The second-order valence-electron chi connectivity index (χ2n) is 9.48. The van der Waals surface area contributed by atoms with Crippen LogP contribution in [-0.2, 0) is 16.0 Å². The Morgan fingerprint density at radius 3 is 2.39 bits per heavy atom. The highest BCUT2D eigenvalue weighted by atomic mass is 19.1. The number of rotatable bonds is 6. The lowest BCUT2D eigenvalue weighted by atomic mass is 9.95. The van der Waals surface area contributed by atoms with Crippen molar-refractivity contribution in [2.24, 2.45) is 11.3 Å². The van der Waals surface area contributed by atoms with Crippen LogP contribution in [0.2, 0.25) is 0 Å². The van der Waals surface area contributed by atoms with Crippen LogP contribution in [0.4, 0.5) is 10.1 Å². The van der Waals surface area contributed by atoms with Gasteiger partial charge in [0.1, 0.15) is 5.82 Å². The molecule has 3 rings (SSSR count). The zero-order valence-electron chi connectivity index (χ0n) is 19.5. The first-order chi connectivity index (χ1) is 15.6. The van der Waals surface area contributed by atoms with E-state index in [4.69, 9.17) is 0 Å². The van der Waals surface area contributed by atoms with E-state index in [0.717, 1.165) is 0 Å². The zero-order chi connectivity index (χ0) is 24.0. The van der Waals surface area contributed by atoms with Gasteiger partial charge in [-0.25, -0.2) is 4.39 Å². The molecular formula is C26H32FN3O3. The third kappa shape index (κ3) is 6.63. The molecule has 0 aromatic heterocycles. The minimum absolute atomic E-state index is 0.0506. The number of carbonyl (C=O) groups excluding carboxylic acids is 3. The molecule has 0 bridgehead atoms. The maximum absolute atomic E-state index is 13.7. The summed E-state index contributed by atoms with van der Waals surface area (Å²) in [6.07, 6.45) is 1.60. The smallest absolute Gasteiger partial charge is 0.253 e. The van der Waals surface area contributed by atoms with E-state index < -0.39 is 5.41 Å². The van der Waals surface area contributed by atoms with Crippen LogP contribution in [0.5, 0.6) is 0 Å². The fourth-order valence-electron chi connectivity index (χ4n) is 3.74. The molecule has 0 radical (unpaired) electrons. The van der Waals surface area contributed by atoms with Crippen LogP contribution < -0.4 is 10.6 Å². The summed E-state index contributed by atoms with van der Waals surface area (Å²) in [5.41, 5.74) is 1.15. The van der Waals surface area contributed by atoms with Gasteiger partial charge in [0, 0.05) is 42.2 Å². The molecule has 0 atom stereocenters. The summed E-state index contributed by atoms with van der Waals surface area (Å²) in [7, 11) is 0. The van der Waals surface area contributed by atoms with E-state index in [9.17, 15) is 18.8 Å². The van der Waals surface area contributed by atoms with Crippen LogP contribution in [0.25, 0.3) is 0 Å². The van der Waals surface area contributed by atoms with E-state index in [0.29, 0.717) is 55.7 Å². The van der Waals surface area contributed by atoms with Gasteiger partial charge in [0.05, 0.1) is 0 Å². The Morgan fingerprint density at radius 1 is 1.03 bits per heavy atom. The lowest BCUT2D eigenvalue weighted by Crippen LogP contribution is -2.43. The van der Waals surface area contributed by atoms with Gasteiger partial charge >= 0.3 is 0 Å². The lowest BCUT2D eigenvalue weighted by molar-refractivity contribution is -0.126. The molecular weight excluding hydrogens is 421 g/mol. The molecule has 2 aromatic rings. The van der Waals surface area contributed by atoms with Crippen molar-refractivity contribution in [3.8, 4) is 0 Å². The predicted octanol–water partition coefficient (Wildman–Crippen LogP) is 4.02. The first kappa shape index (κ1) is 24.4. The SMILES string of the molecule is CC(C)(C)C(=O)Nc1cccc(C(=O)N2CCC(C(=O)NCCc3ccccc3F)CC2)c1. The second-order valence-corrected chi connectivity index (χ2v) is 9.48. The highest BCUT2D eigenvalue weighted by Gasteiger charge is 2.28. The first-order valence-electron chi connectivity index (χ1n) is 11.4. The van der Waals surface area contributed by atoms with Crippen LogP contribution in [0.1, 0.15) is 49.5 Å². The van der Waals surface area contributed by atoms with Gasteiger partial charge in [-0.3, -0.25) is 14.4 Å². The average Bonchev–Trinajstić information content (AvgIpc) is 2.79. The molecule has 1 heterocycles. The van der Waals surface area contributed by atoms with Crippen LogP contribution >= 0.6 is 0 Å². The molecule has 176 valence electrons. The summed E-state index contributed by atoms with van der Waals surface area (Å²) in [6, 6.07) is 13.5. The monoisotopic (exact) mass is 453 g/mol. The number of nitrogens with zero attached hydrogens (tertiary/aromatic N) is 1. The average molecular weight is 454 g/mol. The number of nitrogens with one attached hydrogen (secondary N) is 2. The third-order valence-corrected chi connectivity index (χ3v) is 5.85. The number of likely N-dealkylation sites (tertiary alicyclic amines) is 1. The fraction of sp³-hybridized carbons (Fsp3) is 0.423. The number of anilines is 1. The minimum atomic E-state index is -0.530. The van der Waals surface area contributed by atoms with Gasteiger partial charge in [0.15, 0.2) is 0 Å². The lowest BCUT2D eigenvalue weighted by Gasteiger charge is -2.31. The molecule has 0 aliphatic carbocycles. The van der Waals surface area contributed by atoms with Crippen molar-refractivity contribution in [1.82, 2.24) is 10.2 Å². The Kier molecular flexibility index (Phi) is 7.84. The number of hydrogen-bond donors (Lipinski definition) is 2. The van der Waals surface area contributed by atoms with Crippen molar-refractivity contribution in [2.45, 2.75) is 40.0 Å². The molecule has 3 amide bonds. The van der Waals surface area contributed by atoms with E-state index in [1.807, 2.05) is 20.8 Å². The molecule has 33 heavy (non-hydrogen) atoms. The van der Waals surface area contributed by atoms with Gasteiger partial charge in [-0.2, -0.15) is 0 Å². The summed E-state index contributed by atoms with van der Waals surface area (Å²) in [5.74, 6) is -0.702. The summed E-state index contributed by atoms with van der Waals surface area (Å²) in [5, 5.41) is 5.74. The Bertz CT molecular complexity index is 1010. The number of benzene rings is 2. The quantitative estimate of drug-likeness (QED) is 0.693. The van der Waals surface area contributed by atoms with Crippen molar-refractivity contribution in [3.63, 3.8) is 0 Å². The molecule has 0 spiro atoms. The Balaban J connectivity index is 1.48. The molecule has 1 aliphatic rings. The molecule has 2 aromatic carbocycles. The molecule has 1 aliphatic heterocycles. The Hall–Kier alpha value is -3.22. The molecule has 7 heteroatoms. The highest BCUT2D eigenvalue weighted by molar-refractivity contribution is 5.98. The Labute approximate surface area is 194 Å². The van der Waals surface area contributed by atoms with E-state index >= 15 is 0 Å². The normalized spacial score (nSPS) is 14.6. The zero-order valence-corrected chi connectivity index (χ0v) is 19.5. The number of piperidine rings is 1. The van der Waals surface area contributed by atoms with Crippen molar-refractivity contribution < 1.29 is 18.8 Å². The number of hydrogen-bond acceptors (Lipinski definition) is 3. The Morgan fingerprint density at radius 2 is 1.73 bits per heavy atom. The summed E-state index contributed by atoms with van der Waals surface area (Å²) >= 11 is 0. The maximum atomic E-state index is 13.7. The molecule has 1 fully saturated rings. The van der Waals surface area contributed by atoms with Crippen LogP contribution in [-0.4, -0.2) is 42.3 Å². The predicted molar refractivity (Wildman–Crippen MR) is 126 cm³/mol. The van der Waals surface area contributed by atoms with Crippen molar-refractivity contribution in [2.75, 3.05) is 25.0 Å². The van der Waals surface area contributed by atoms with Gasteiger partial charge < -0.3 is 15.5 Å². The first-order valence-corrected chi connectivity index (χ1v) is 11.4. The van der Waals surface area contributed by atoms with Crippen LogP contribution in [0.15, 0.2) is 48.5 Å². The minimum Gasteiger partial charge on any atom is -0.356 e. The van der Waals surface area contributed by atoms with Gasteiger partial charge in [-0.15, -0.1) is 0 Å². The topological polar surface area (TPSA) is 78.5 Å². The van der Waals surface area contributed by atoms with E-state index in [-0.39, 0.29) is 29.5 Å². The third-order valence-electron chi connectivity index (χ3n) is 5.85. The van der Waals surface area contributed by atoms with E-state index in [1.165, 1.54) is 6.07 Å². The highest BCUT2D eigenvalue weighted by Crippen LogP contribution is 2.22. The molecule has 0 unspecified atom stereocenters. The number of amides is 3. The van der Waals surface area contributed by atoms with E-state index in [2.05, 4.69) is 10.6 Å². The molecule has 6 nitrogen and oxygen atoms in total.